The number of hydrogen-bond donors (Lipinski definition) is 1. The summed E-state index contributed by atoms with van der Waals surface area (Å²) in [7, 11) is 0. The lowest BCUT2D eigenvalue weighted by molar-refractivity contribution is 0.0947. The number of fused-ring (bicyclic) bond motifs is 2. The Hall–Kier alpha value is -4.20. The Morgan fingerprint density at radius 3 is 2.58 bits per heavy atom. The van der Waals surface area contributed by atoms with Gasteiger partial charge in [-0.1, -0.05) is 12.1 Å². The fourth-order valence-corrected chi connectivity index (χ4v) is 3.82. The summed E-state index contributed by atoms with van der Waals surface area (Å²) in [5, 5.41) is 3.45. The molecule has 1 amide bonds. The Kier molecular flexibility index (Phi) is 5.26. The molecule has 164 valence electrons. The van der Waals surface area contributed by atoms with E-state index in [4.69, 9.17) is 0 Å². The van der Waals surface area contributed by atoms with Gasteiger partial charge in [0.1, 0.15) is 22.7 Å². The fraction of sp³-hybridized carbons (Fsp3) is 0.120. The van der Waals surface area contributed by atoms with Crippen LogP contribution in [-0.4, -0.2) is 32.0 Å². The number of pyridine rings is 2. The van der Waals surface area contributed by atoms with Crippen LogP contribution in [0.25, 0.3) is 33.3 Å². The van der Waals surface area contributed by atoms with Crippen molar-refractivity contribution in [2.75, 3.05) is 6.54 Å². The lowest BCUT2D eigenvalue weighted by Gasteiger charge is -2.09. The summed E-state index contributed by atoms with van der Waals surface area (Å²) in [5.74, 6) is -2.65. The maximum Gasteiger partial charge on any atom is 0.257 e. The molecule has 6 nitrogen and oxygen atoms in total. The van der Waals surface area contributed by atoms with Crippen molar-refractivity contribution in [2.24, 2.45) is 0 Å². The first kappa shape index (κ1) is 20.7. The summed E-state index contributed by atoms with van der Waals surface area (Å²) in [4.78, 5) is 25.3. The summed E-state index contributed by atoms with van der Waals surface area (Å²) in [6.45, 7) is 2.48. The zero-order valence-corrected chi connectivity index (χ0v) is 17.7. The van der Waals surface area contributed by atoms with Crippen molar-refractivity contribution >= 4 is 28.0 Å². The van der Waals surface area contributed by atoms with E-state index in [1.54, 1.807) is 31.6 Å². The number of halogens is 2. The van der Waals surface area contributed by atoms with E-state index in [1.165, 1.54) is 0 Å². The van der Waals surface area contributed by atoms with Crippen molar-refractivity contribution in [3.8, 4) is 11.3 Å². The third-order valence-electron chi connectivity index (χ3n) is 5.39. The van der Waals surface area contributed by atoms with Gasteiger partial charge < -0.3 is 9.88 Å². The largest absolute Gasteiger partial charge is 0.352 e. The average Bonchev–Trinajstić information content (AvgIpc) is 3.20. The van der Waals surface area contributed by atoms with Crippen molar-refractivity contribution in [3.05, 3.63) is 89.9 Å². The maximum absolute atomic E-state index is 14.6. The van der Waals surface area contributed by atoms with Gasteiger partial charge in [-0.25, -0.2) is 18.7 Å². The Bertz CT molecular complexity index is 1490. The van der Waals surface area contributed by atoms with Crippen LogP contribution < -0.4 is 5.32 Å². The molecule has 33 heavy (non-hydrogen) atoms. The molecule has 8 heteroatoms. The van der Waals surface area contributed by atoms with Crippen LogP contribution >= 0.6 is 0 Å². The molecule has 3 aromatic heterocycles. The number of imidazole rings is 1. The molecule has 0 fully saturated rings. The fourth-order valence-electron chi connectivity index (χ4n) is 3.82. The van der Waals surface area contributed by atoms with Gasteiger partial charge >= 0.3 is 0 Å². The summed E-state index contributed by atoms with van der Waals surface area (Å²) in [5.41, 5.74) is 3.24. The topological polar surface area (TPSA) is 72.7 Å². The number of rotatable bonds is 5. The summed E-state index contributed by atoms with van der Waals surface area (Å²) >= 11 is 0. The number of amides is 1. The average molecular weight is 443 g/mol. The highest BCUT2D eigenvalue weighted by molar-refractivity contribution is 5.95. The predicted molar refractivity (Wildman–Crippen MR) is 122 cm³/mol. The van der Waals surface area contributed by atoms with Gasteiger partial charge in [-0.2, -0.15) is 0 Å². The Labute approximate surface area is 187 Å². The highest BCUT2D eigenvalue weighted by atomic mass is 19.1. The normalized spacial score (nSPS) is 11.2. The molecule has 0 aliphatic rings. The monoisotopic (exact) mass is 443 g/mol. The highest BCUT2D eigenvalue weighted by Crippen LogP contribution is 2.25. The van der Waals surface area contributed by atoms with Gasteiger partial charge in [0, 0.05) is 23.7 Å². The first-order chi connectivity index (χ1) is 16.0. The van der Waals surface area contributed by atoms with Gasteiger partial charge in [0.05, 0.1) is 24.1 Å². The van der Waals surface area contributed by atoms with E-state index in [9.17, 15) is 13.6 Å². The minimum atomic E-state index is -0.934. The van der Waals surface area contributed by atoms with Crippen molar-refractivity contribution in [3.63, 3.8) is 0 Å². The number of benzene rings is 2. The number of carbonyl (C=O) groups is 1. The Morgan fingerprint density at radius 1 is 1.00 bits per heavy atom. The summed E-state index contributed by atoms with van der Waals surface area (Å²) in [6, 6.07) is 15.6. The standard InChI is InChI=1S/C25H19F2N5O/c1-2-28-25(33)23-18(26)11-17(12-19(23)27)21-7-8-22-24(31-21)32(14-30-22)13-15-5-6-20-16(10-15)4-3-9-29-20/h3-12,14H,2,13H2,1H3,(H,28,33). The molecule has 0 radical (unpaired) electrons. The number of aromatic nitrogens is 4. The highest BCUT2D eigenvalue weighted by Gasteiger charge is 2.19. The lowest BCUT2D eigenvalue weighted by atomic mass is 10.1. The predicted octanol–water partition coefficient (Wildman–Crippen LogP) is 4.72. The van der Waals surface area contributed by atoms with Crippen LogP contribution in [0.4, 0.5) is 8.78 Å². The molecule has 2 aromatic carbocycles. The Balaban J connectivity index is 1.51. The molecular formula is C25H19F2N5O. The molecule has 0 unspecified atom stereocenters. The second kappa shape index (κ2) is 8.38. The maximum atomic E-state index is 14.6. The first-order valence-electron chi connectivity index (χ1n) is 10.5. The minimum Gasteiger partial charge on any atom is -0.352 e. The van der Waals surface area contributed by atoms with Gasteiger partial charge in [0.15, 0.2) is 5.65 Å². The molecule has 0 saturated heterocycles. The van der Waals surface area contributed by atoms with Crippen LogP contribution in [0.3, 0.4) is 0 Å². The van der Waals surface area contributed by atoms with Gasteiger partial charge in [0.25, 0.3) is 5.91 Å². The molecule has 0 atom stereocenters. The van der Waals surface area contributed by atoms with Crippen molar-refractivity contribution in [2.45, 2.75) is 13.5 Å². The second-order valence-corrected chi connectivity index (χ2v) is 7.62. The van der Waals surface area contributed by atoms with E-state index in [0.717, 1.165) is 28.6 Å². The second-order valence-electron chi connectivity index (χ2n) is 7.62. The molecule has 0 saturated carbocycles. The lowest BCUT2D eigenvalue weighted by Crippen LogP contribution is -2.25. The number of nitrogens with one attached hydrogen (secondary N) is 1. The number of hydrogen-bond acceptors (Lipinski definition) is 4. The van der Waals surface area contributed by atoms with E-state index >= 15 is 0 Å². The molecule has 5 aromatic rings. The van der Waals surface area contributed by atoms with Gasteiger partial charge in [-0.3, -0.25) is 9.78 Å². The zero-order chi connectivity index (χ0) is 22.9. The van der Waals surface area contributed by atoms with Crippen LogP contribution in [0, 0.1) is 11.6 Å². The van der Waals surface area contributed by atoms with Crippen LogP contribution in [0.15, 0.2) is 67.1 Å². The number of nitrogens with zero attached hydrogens (tertiary/aromatic N) is 4. The van der Waals surface area contributed by atoms with Crippen molar-refractivity contribution in [1.29, 1.82) is 0 Å². The zero-order valence-electron chi connectivity index (χ0n) is 17.7. The molecule has 0 aliphatic heterocycles. The van der Waals surface area contributed by atoms with E-state index < -0.39 is 23.1 Å². The Morgan fingerprint density at radius 2 is 1.79 bits per heavy atom. The van der Waals surface area contributed by atoms with Crippen LogP contribution in [0.1, 0.15) is 22.8 Å². The SMILES string of the molecule is CCNC(=O)c1c(F)cc(-c2ccc3ncn(Cc4ccc5ncccc5c4)c3n2)cc1F. The van der Waals surface area contributed by atoms with Crippen LogP contribution in [0.5, 0.6) is 0 Å². The first-order valence-corrected chi connectivity index (χ1v) is 10.5. The van der Waals surface area contributed by atoms with E-state index in [1.807, 2.05) is 28.8 Å². The van der Waals surface area contributed by atoms with E-state index in [2.05, 4.69) is 26.3 Å². The molecule has 0 aliphatic carbocycles. The van der Waals surface area contributed by atoms with E-state index in [0.29, 0.717) is 23.4 Å². The van der Waals surface area contributed by atoms with Crippen LogP contribution in [0.2, 0.25) is 0 Å². The third kappa shape index (κ3) is 3.91. The van der Waals surface area contributed by atoms with Crippen LogP contribution in [-0.2, 0) is 6.54 Å². The van der Waals surface area contributed by atoms with Crippen molar-refractivity contribution < 1.29 is 13.6 Å². The summed E-state index contributed by atoms with van der Waals surface area (Å²) in [6.07, 6.45) is 3.44. The minimum absolute atomic E-state index is 0.240. The van der Waals surface area contributed by atoms with Gasteiger partial charge in [0.2, 0.25) is 0 Å². The molecule has 3 heterocycles. The molecule has 0 bridgehead atoms. The smallest absolute Gasteiger partial charge is 0.257 e. The van der Waals surface area contributed by atoms with Crippen molar-refractivity contribution in [1.82, 2.24) is 24.8 Å². The number of carbonyl (C=O) groups excluding carboxylic acids is 1. The van der Waals surface area contributed by atoms with Gasteiger partial charge in [-0.05, 0) is 55.0 Å². The molecular weight excluding hydrogens is 424 g/mol. The third-order valence-corrected chi connectivity index (χ3v) is 5.39. The quantitative estimate of drug-likeness (QED) is 0.427. The van der Waals surface area contributed by atoms with E-state index in [-0.39, 0.29) is 12.1 Å². The molecule has 5 rings (SSSR count). The summed E-state index contributed by atoms with van der Waals surface area (Å²) < 4.78 is 31.0. The molecule has 0 spiro atoms. The molecule has 1 N–H and O–H groups in total. The van der Waals surface area contributed by atoms with Gasteiger partial charge in [-0.15, -0.1) is 0 Å².